The summed E-state index contributed by atoms with van der Waals surface area (Å²) in [6, 6.07) is 15.2. The zero-order valence-corrected chi connectivity index (χ0v) is 16.7. The Morgan fingerprint density at radius 2 is 1.96 bits per heavy atom. The molecule has 0 N–H and O–H groups in total. The number of halogens is 1. The van der Waals surface area contributed by atoms with Gasteiger partial charge in [-0.15, -0.1) is 10.2 Å². The number of thioether (sulfide) groups is 1. The molecule has 7 heteroatoms. The van der Waals surface area contributed by atoms with Crippen LogP contribution in [0.4, 0.5) is 0 Å². The number of ether oxygens (including phenoxy) is 1. The molecule has 0 bridgehead atoms. The summed E-state index contributed by atoms with van der Waals surface area (Å²) in [5.74, 6) is 1.71. The van der Waals surface area contributed by atoms with Crippen LogP contribution < -0.4 is 4.74 Å². The van der Waals surface area contributed by atoms with Crippen molar-refractivity contribution >= 4 is 33.5 Å². The third-order valence-corrected chi connectivity index (χ3v) is 5.36. The summed E-state index contributed by atoms with van der Waals surface area (Å²) < 4.78 is 8.28. The summed E-state index contributed by atoms with van der Waals surface area (Å²) >= 11 is 4.96. The Morgan fingerprint density at radius 3 is 2.73 bits per heavy atom. The quantitative estimate of drug-likeness (QED) is 0.291. The number of hydrogen-bond acceptors (Lipinski definition) is 5. The summed E-state index contributed by atoms with van der Waals surface area (Å²) in [7, 11) is 1.64. The van der Waals surface area contributed by atoms with Crippen molar-refractivity contribution in [1.29, 1.82) is 0 Å². The van der Waals surface area contributed by atoms with E-state index in [2.05, 4.69) is 26.1 Å². The van der Waals surface area contributed by atoms with Crippen molar-refractivity contribution in [3.05, 3.63) is 64.9 Å². The number of benzene rings is 2. The number of Topliss-reactive ketones (excluding diaryl/α,β-unsaturated/α-hetero) is 1. The predicted octanol–water partition coefficient (Wildman–Crippen LogP) is 4.79. The second kappa shape index (κ2) is 9.00. The van der Waals surface area contributed by atoms with E-state index in [-0.39, 0.29) is 5.78 Å². The fourth-order valence-corrected chi connectivity index (χ4v) is 3.62. The molecule has 26 heavy (non-hydrogen) atoms. The van der Waals surface area contributed by atoms with Gasteiger partial charge < -0.3 is 4.74 Å². The molecule has 0 amide bonds. The van der Waals surface area contributed by atoms with Crippen LogP contribution in [0.5, 0.6) is 5.75 Å². The SMILES string of the molecule is COc1ccccc1-n1cnnc1SCCCC(=O)c1ccc(Br)cc1. The maximum Gasteiger partial charge on any atom is 0.195 e. The Morgan fingerprint density at radius 1 is 1.19 bits per heavy atom. The molecule has 1 heterocycles. The van der Waals surface area contributed by atoms with E-state index in [1.165, 1.54) is 0 Å². The fraction of sp³-hybridized carbons (Fsp3) is 0.211. The molecular weight excluding hydrogens is 414 g/mol. The van der Waals surface area contributed by atoms with Crippen molar-refractivity contribution in [2.24, 2.45) is 0 Å². The molecular formula is C19H18BrN3O2S. The smallest absolute Gasteiger partial charge is 0.195 e. The second-order valence-electron chi connectivity index (χ2n) is 5.54. The second-order valence-corrected chi connectivity index (χ2v) is 7.52. The van der Waals surface area contributed by atoms with Gasteiger partial charge in [0.15, 0.2) is 10.9 Å². The number of aromatic nitrogens is 3. The van der Waals surface area contributed by atoms with Crippen molar-refractivity contribution in [1.82, 2.24) is 14.8 Å². The largest absolute Gasteiger partial charge is 0.495 e. The van der Waals surface area contributed by atoms with Gasteiger partial charge in [-0.05, 0) is 30.7 Å². The topological polar surface area (TPSA) is 57.0 Å². The highest BCUT2D eigenvalue weighted by atomic mass is 79.9. The van der Waals surface area contributed by atoms with Crippen molar-refractivity contribution < 1.29 is 9.53 Å². The molecule has 0 atom stereocenters. The first-order valence-electron chi connectivity index (χ1n) is 8.14. The molecule has 0 spiro atoms. The molecule has 134 valence electrons. The van der Waals surface area contributed by atoms with Crippen LogP contribution in [0.2, 0.25) is 0 Å². The van der Waals surface area contributed by atoms with Gasteiger partial charge in [0.05, 0.1) is 12.8 Å². The number of rotatable bonds is 8. The number of ketones is 1. The third-order valence-electron chi connectivity index (χ3n) is 3.81. The number of carbonyl (C=O) groups excluding carboxylic acids is 1. The van der Waals surface area contributed by atoms with E-state index in [9.17, 15) is 4.79 Å². The van der Waals surface area contributed by atoms with Gasteiger partial charge in [0.2, 0.25) is 0 Å². The van der Waals surface area contributed by atoms with E-state index < -0.39 is 0 Å². The lowest BCUT2D eigenvalue weighted by atomic mass is 10.1. The standard InChI is InChI=1S/C19H18BrN3O2S/c1-25-18-7-3-2-5-16(18)23-13-21-22-19(23)26-12-4-6-17(24)14-8-10-15(20)11-9-14/h2-3,5,7-11,13H,4,6,12H2,1H3. The first-order valence-corrected chi connectivity index (χ1v) is 9.92. The normalized spacial score (nSPS) is 10.7. The van der Waals surface area contributed by atoms with E-state index in [0.717, 1.165) is 38.8 Å². The molecule has 1 aromatic heterocycles. The van der Waals surface area contributed by atoms with Gasteiger partial charge in [-0.1, -0.05) is 52.0 Å². The summed E-state index contributed by atoms with van der Waals surface area (Å²) in [6.07, 6.45) is 2.96. The summed E-state index contributed by atoms with van der Waals surface area (Å²) in [4.78, 5) is 12.2. The van der Waals surface area contributed by atoms with Crippen molar-refractivity contribution in [2.75, 3.05) is 12.9 Å². The van der Waals surface area contributed by atoms with Gasteiger partial charge in [-0.25, -0.2) is 0 Å². The molecule has 3 rings (SSSR count). The van der Waals surface area contributed by atoms with E-state index in [1.54, 1.807) is 25.2 Å². The zero-order chi connectivity index (χ0) is 18.4. The van der Waals surface area contributed by atoms with Crippen LogP contribution in [0.15, 0.2) is 64.5 Å². The maximum absolute atomic E-state index is 12.2. The number of nitrogens with zero attached hydrogens (tertiary/aromatic N) is 3. The van der Waals surface area contributed by atoms with Crippen LogP contribution in [-0.4, -0.2) is 33.4 Å². The molecule has 3 aromatic rings. The number of methoxy groups -OCH3 is 1. The summed E-state index contributed by atoms with van der Waals surface area (Å²) in [5, 5.41) is 8.97. The predicted molar refractivity (Wildman–Crippen MR) is 106 cm³/mol. The monoisotopic (exact) mass is 431 g/mol. The maximum atomic E-state index is 12.2. The van der Waals surface area contributed by atoms with E-state index in [4.69, 9.17) is 4.74 Å². The van der Waals surface area contributed by atoms with E-state index in [0.29, 0.717) is 6.42 Å². The number of hydrogen-bond donors (Lipinski definition) is 0. The molecule has 0 fully saturated rings. The first kappa shape index (κ1) is 18.7. The highest BCUT2D eigenvalue weighted by Crippen LogP contribution is 2.27. The highest BCUT2D eigenvalue weighted by Gasteiger charge is 2.12. The average molecular weight is 432 g/mol. The van der Waals surface area contributed by atoms with Gasteiger partial charge in [-0.2, -0.15) is 0 Å². The molecule has 0 aliphatic carbocycles. The van der Waals surface area contributed by atoms with Crippen LogP contribution in [0.25, 0.3) is 5.69 Å². The number of para-hydroxylation sites is 2. The van der Waals surface area contributed by atoms with Crippen LogP contribution in [-0.2, 0) is 0 Å². The lowest BCUT2D eigenvalue weighted by Gasteiger charge is -2.10. The Hall–Kier alpha value is -2.12. The van der Waals surface area contributed by atoms with Crippen LogP contribution in [0.1, 0.15) is 23.2 Å². The lowest BCUT2D eigenvalue weighted by Crippen LogP contribution is -2.01. The molecule has 0 saturated heterocycles. The van der Waals surface area contributed by atoms with Crippen LogP contribution in [0.3, 0.4) is 0 Å². The zero-order valence-electron chi connectivity index (χ0n) is 14.3. The van der Waals surface area contributed by atoms with Gasteiger partial charge in [0.1, 0.15) is 12.1 Å². The van der Waals surface area contributed by atoms with Gasteiger partial charge in [0.25, 0.3) is 0 Å². The Kier molecular flexibility index (Phi) is 6.46. The van der Waals surface area contributed by atoms with Crippen molar-refractivity contribution in [2.45, 2.75) is 18.0 Å². The molecule has 2 aromatic carbocycles. The van der Waals surface area contributed by atoms with Crippen molar-refractivity contribution in [3.63, 3.8) is 0 Å². The van der Waals surface area contributed by atoms with Gasteiger partial charge in [0, 0.05) is 22.2 Å². The molecule has 0 saturated carbocycles. The van der Waals surface area contributed by atoms with Crippen LogP contribution in [0, 0.1) is 0 Å². The van der Waals surface area contributed by atoms with Gasteiger partial charge in [-0.3, -0.25) is 9.36 Å². The lowest BCUT2D eigenvalue weighted by molar-refractivity contribution is 0.0982. The Balaban J connectivity index is 1.57. The first-order chi connectivity index (χ1) is 12.7. The van der Waals surface area contributed by atoms with E-state index >= 15 is 0 Å². The number of carbonyl (C=O) groups is 1. The highest BCUT2D eigenvalue weighted by molar-refractivity contribution is 9.10. The van der Waals surface area contributed by atoms with E-state index in [1.807, 2.05) is 53.1 Å². The van der Waals surface area contributed by atoms with Gasteiger partial charge >= 0.3 is 0 Å². The fourth-order valence-electron chi connectivity index (χ4n) is 2.49. The minimum atomic E-state index is 0.157. The minimum Gasteiger partial charge on any atom is -0.495 e. The average Bonchev–Trinajstić information content (AvgIpc) is 3.14. The molecule has 5 nitrogen and oxygen atoms in total. The summed E-state index contributed by atoms with van der Waals surface area (Å²) in [6.45, 7) is 0. The Bertz CT molecular complexity index is 881. The molecule has 0 radical (unpaired) electrons. The van der Waals surface area contributed by atoms with Crippen LogP contribution >= 0.6 is 27.7 Å². The molecule has 0 aliphatic rings. The molecule has 0 unspecified atom stereocenters. The van der Waals surface area contributed by atoms with Crippen molar-refractivity contribution in [3.8, 4) is 11.4 Å². The Labute approximate surface area is 164 Å². The minimum absolute atomic E-state index is 0.157. The summed E-state index contributed by atoms with van der Waals surface area (Å²) in [5.41, 5.74) is 1.64. The molecule has 0 aliphatic heterocycles. The third kappa shape index (κ3) is 4.53.